The SMILES string of the molecule is Cc1ccc(NC(=O)N2CCC(n3ccnn3)C2)cc1C. The van der Waals surface area contributed by atoms with Crippen molar-refractivity contribution in [1.82, 2.24) is 19.9 Å². The molecule has 0 radical (unpaired) electrons. The average molecular weight is 285 g/mol. The summed E-state index contributed by atoms with van der Waals surface area (Å²) in [5.74, 6) is 0. The lowest BCUT2D eigenvalue weighted by Gasteiger charge is -2.17. The maximum atomic E-state index is 12.3. The summed E-state index contributed by atoms with van der Waals surface area (Å²) in [5, 5.41) is 10.8. The number of benzene rings is 1. The fraction of sp³-hybridized carbons (Fsp3) is 0.400. The van der Waals surface area contributed by atoms with Gasteiger partial charge in [-0.1, -0.05) is 11.3 Å². The van der Waals surface area contributed by atoms with Crippen molar-refractivity contribution in [2.45, 2.75) is 26.3 Å². The lowest BCUT2D eigenvalue weighted by Crippen LogP contribution is -2.33. The molecule has 0 aliphatic carbocycles. The highest BCUT2D eigenvalue weighted by atomic mass is 16.2. The quantitative estimate of drug-likeness (QED) is 0.921. The van der Waals surface area contributed by atoms with Gasteiger partial charge >= 0.3 is 6.03 Å². The number of aromatic nitrogens is 3. The second kappa shape index (κ2) is 5.55. The Bertz CT molecular complexity index is 638. The van der Waals surface area contributed by atoms with Gasteiger partial charge in [0.1, 0.15) is 0 Å². The Labute approximate surface area is 123 Å². The van der Waals surface area contributed by atoms with Gasteiger partial charge in [0.15, 0.2) is 0 Å². The minimum atomic E-state index is -0.0548. The zero-order chi connectivity index (χ0) is 14.8. The number of nitrogens with zero attached hydrogens (tertiary/aromatic N) is 4. The number of anilines is 1. The van der Waals surface area contributed by atoms with Crippen molar-refractivity contribution < 1.29 is 4.79 Å². The second-order valence-corrected chi connectivity index (χ2v) is 5.50. The fourth-order valence-electron chi connectivity index (χ4n) is 2.58. The Kier molecular flexibility index (Phi) is 3.60. The van der Waals surface area contributed by atoms with Gasteiger partial charge in [-0.15, -0.1) is 5.10 Å². The average Bonchev–Trinajstić information content (AvgIpc) is 3.12. The second-order valence-electron chi connectivity index (χ2n) is 5.50. The Balaban J connectivity index is 1.62. The summed E-state index contributed by atoms with van der Waals surface area (Å²) in [4.78, 5) is 14.1. The number of carbonyl (C=O) groups is 1. The first kappa shape index (κ1) is 13.6. The monoisotopic (exact) mass is 285 g/mol. The third kappa shape index (κ3) is 2.89. The number of aryl methyl sites for hydroxylation is 2. The van der Waals surface area contributed by atoms with Gasteiger partial charge in [-0.05, 0) is 43.5 Å². The number of carbonyl (C=O) groups excluding carboxylic acids is 1. The topological polar surface area (TPSA) is 63.1 Å². The lowest BCUT2D eigenvalue weighted by molar-refractivity contribution is 0.220. The molecule has 1 atom stereocenters. The number of urea groups is 1. The Morgan fingerprint density at radius 3 is 2.90 bits per heavy atom. The van der Waals surface area contributed by atoms with Crippen LogP contribution in [0.25, 0.3) is 0 Å². The van der Waals surface area contributed by atoms with Crippen LogP contribution in [-0.4, -0.2) is 39.0 Å². The van der Waals surface area contributed by atoms with Gasteiger partial charge in [-0.25, -0.2) is 9.48 Å². The highest BCUT2D eigenvalue weighted by Crippen LogP contribution is 2.21. The van der Waals surface area contributed by atoms with Crippen molar-refractivity contribution in [3.05, 3.63) is 41.7 Å². The normalized spacial score (nSPS) is 18.0. The predicted octanol–water partition coefficient (Wildman–Crippen LogP) is 2.37. The van der Waals surface area contributed by atoms with Gasteiger partial charge in [0, 0.05) is 25.0 Å². The van der Waals surface area contributed by atoms with E-state index in [1.165, 1.54) is 11.1 Å². The molecular formula is C15H19N5O. The Morgan fingerprint density at radius 1 is 1.33 bits per heavy atom. The maximum absolute atomic E-state index is 12.3. The number of amides is 2. The summed E-state index contributed by atoms with van der Waals surface area (Å²) < 4.78 is 1.82. The molecule has 2 aromatic rings. The van der Waals surface area contributed by atoms with E-state index < -0.39 is 0 Å². The van der Waals surface area contributed by atoms with Crippen LogP contribution in [0, 0.1) is 13.8 Å². The minimum Gasteiger partial charge on any atom is -0.322 e. The van der Waals surface area contributed by atoms with E-state index in [0.29, 0.717) is 6.54 Å². The van der Waals surface area contributed by atoms with E-state index in [1.54, 1.807) is 6.20 Å². The molecule has 0 saturated carbocycles. The molecule has 1 aromatic carbocycles. The third-order valence-electron chi connectivity index (χ3n) is 4.02. The third-order valence-corrected chi connectivity index (χ3v) is 4.02. The van der Waals surface area contributed by atoms with E-state index >= 15 is 0 Å². The van der Waals surface area contributed by atoms with E-state index in [0.717, 1.165) is 18.7 Å². The number of rotatable bonds is 2. The molecule has 110 valence electrons. The van der Waals surface area contributed by atoms with Crippen LogP contribution < -0.4 is 5.32 Å². The van der Waals surface area contributed by atoms with Crippen molar-refractivity contribution in [3.8, 4) is 0 Å². The first-order chi connectivity index (χ1) is 10.1. The zero-order valence-electron chi connectivity index (χ0n) is 12.3. The van der Waals surface area contributed by atoms with E-state index in [2.05, 4.69) is 22.6 Å². The summed E-state index contributed by atoms with van der Waals surface area (Å²) >= 11 is 0. The van der Waals surface area contributed by atoms with Gasteiger partial charge in [-0.3, -0.25) is 0 Å². The minimum absolute atomic E-state index is 0.0548. The van der Waals surface area contributed by atoms with Crippen LogP contribution in [0.5, 0.6) is 0 Å². The maximum Gasteiger partial charge on any atom is 0.321 e. The van der Waals surface area contributed by atoms with Crippen LogP contribution in [0.3, 0.4) is 0 Å². The lowest BCUT2D eigenvalue weighted by atomic mass is 10.1. The summed E-state index contributed by atoms with van der Waals surface area (Å²) in [5.41, 5.74) is 3.24. The molecule has 1 N–H and O–H groups in total. The van der Waals surface area contributed by atoms with Crippen molar-refractivity contribution in [1.29, 1.82) is 0 Å². The molecule has 6 nitrogen and oxygen atoms in total. The number of hydrogen-bond acceptors (Lipinski definition) is 3. The molecule has 1 aromatic heterocycles. The highest BCUT2D eigenvalue weighted by Gasteiger charge is 2.27. The van der Waals surface area contributed by atoms with Gasteiger partial charge in [0.2, 0.25) is 0 Å². The van der Waals surface area contributed by atoms with Gasteiger partial charge in [0.05, 0.1) is 12.2 Å². The fourth-order valence-corrected chi connectivity index (χ4v) is 2.58. The summed E-state index contributed by atoms with van der Waals surface area (Å²) in [7, 11) is 0. The molecule has 2 heterocycles. The van der Waals surface area contributed by atoms with Crippen molar-refractivity contribution >= 4 is 11.7 Å². The van der Waals surface area contributed by atoms with Crippen LogP contribution in [0.4, 0.5) is 10.5 Å². The highest BCUT2D eigenvalue weighted by molar-refractivity contribution is 5.89. The number of nitrogens with one attached hydrogen (secondary N) is 1. The molecule has 6 heteroatoms. The van der Waals surface area contributed by atoms with Crippen molar-refractivity contribution in [2.24, 2.45) is 0 Å². The standard InChI is InChI=1S/C15H19N5O/c1-11-3-4-13(9-12(11)2)17-15(21)19-7-5-14(10-19)20-8-6-16-18-20/h3-4,6,8-9,14H,5,7,10H2,1-2H3,(H,17,21). The molecular weight excluding hydrogens is 266 g/mol. The summed E-state index contributed by atoms with van der Waals surface area (Å²) in [6.45, 7) is 5.51. The van der Waals surface area contributed by atoms with Gasteiger partial charge in [-0.2, -0.15) is 0 Å². The van der Waals surface area contributed by atoms with Crippen molar-refractivity contribution in [3.63, 3.8) is 0 Å². The van der Waals surface area contributed by atoms with Gasteiger partial charge < -0.3 is 10.2 Å². The predicted molar refractivity (Wildman–Crippen MR) is 80.2 cm³/mol. The molecule has 2 amide bonds. The zero-order valence-corrected chi connectivity index (χ0v) is 12.3. The molecule has 21 heavy (non-hydrogen) atoms. The molecule has 1 fully saturated rings. The van der Waals surface area contributed by atoms with E-state index in [1.807, 2.05) is 40.9 Å². The van der Waals surface area contributed by atoms with Crippen LogP contribution >= 0.6 is 0 Å². The molecule has 0 spiro atoms. The smallest absolute Gasteiger partial charge is 0.321 e. The first-order valence-electron chi connectivity index (χ1n) is 7.12. The van der Waals surface area contributed by atoms with Crippen molar-refractivity contribution in [2.75, 3.05) is 18.4 Å². The molecule has 1 aliphatic rings. The van der Waals surface area contributed by atoms with Gasteiger partial charge in [0.25, 0.3) is 0 Å². The van der Waals surface area contributed by atoms with E-state index in [4.69, 9.17) is 0 Å². The largest absolute Gasteiger partial charge is 0.322 e. The molecule has 1 saturated heterocycles. The first-order valence-corrected chi connectivity index (χ1v) is 7.12. The molecule has 3 rings (SSSR count). The molecule has 1 aliphatic heterocycles. The van der Waals surface area contributed by atoms with E-state index in [-0.39, 0.29) is 12.1 Å². The van der Waals surface area contributed by atoms with Crippen LogP contribution in [0.15, 0.2) is 30.6 Å². The Hall–Kier alpha value is -2.37. The van der Waals surface area contributed by atoms with Crippen LogP contribution in [0.2, 0.25) is 0 Å². The number of likely N-dealkylation sites (tertiary alicyclic amines) is 1. The summed E-state index contributed by atoms with van der Waals surface area (Å²) in [6, 6.07) is 6.12. The summed E-state index contributed by atoms with van der Waals surface area (Å²) in [6.07, 6.45) is 4.41. The molecule has 0 bridgehead atoms. The molecule has 1 unspecified atom stereocenters. The van der Waals surface area contributed by atoms with Crippen LogP contribution in [-0.2, 0) is 0 Å². The van der Waals surface area contributed by atoms with E-state index in [9.17, 15) is 4.79 Å². The number of hydrogen-bond donors (Lipinski definition) is 1. The van der Waals surface area contributed by atoms with Crippen LogP contribution in [0.1, 0.15) is 23.6 Å². The Morgan fingerprint density at radius 2 is 2.19 bits per heavy atom.